The summed E-state index contributed by atoms with van der Waals surface area (Å²) >= 11 is 0. The van der Waals surface area contributed by atoms with Gasteiger partial charge in [0.2, 0.25) is 5.09 Å². The lowest BCUT2D eigenvalue weighted by Crippen LogP contribution is -2.27. The molecule has 0 radical (unpaired) electrons. The van der Waals surface area contributed by atoms with E-state index in [0.717, 1.165) is 41.5 Å². The Morgan fingerprint density at radius 2 is 1.81 bits per heavy atom. The zero-order valence-electron chi connectivity index (χ0n) is 18.2. The third-order valence-electron chi connectivity index (χ3n) is 5.82. The van der Waals surface area contributed by atoms with E-state index in [1.165, 1.54) is 23.5 Å². The number of aromatic carboxylic acids is 1. The van der Waals surface area contributed by atoms with Crippen molar-refractivity contribution in [2.24, 2.45) is 0 Å². The van der Waals surface area contributed by atoms with Crippen LogP contribution in [0.2, 0.25) is 0 Å². The number of anilines is 1. The molecule has 0 aliphatic heterocycles. The number of rotatable bonds is 7. The van der Waals surface area contributed by atoms with Crippen molar-refractivity contribution in [2.45, 2.75) is 44.8 Å². The van der Waals surface area contributed by atoms with Crippen LogP contribution < -0.4 is 9.04 Å². The molecule has 1 aromatic heterocycles. The number of sulfonamides is 1. The fourth-order valence-corrected chi connectivity index (χ4v) is 5.06. The molecule has 1 aliphatic rings. The molecule has 1 heterocycles. The van der Waals surface area contributed by atoms with Gasteiger partial charge >= 0.3 is 5.97 Å². The first-order chi connectivity index (χ1) is 15.2. The lowest BCUT2D eigenvalue weighted by molar-refractivity contribution is 0.0696. The Labute approximate surface area is 187 Å². The van der Waals surface area contributed by atoms with E-state index >= 15 is 0 Å². The summed E-state index contributed by atoms with van der Waals surface area (Å²) in [6.45, 7) is 3.71. The van der Waals surface area contributed by atoms with Gasteiger partial charge in [0.1, 0.15) is 18.1 Å². The standard InChI is InChI=1S/C24H25NO6S/c1-15-11-19(24(26)27)8-9-20(15)14-30-22-13-18-6-4-5-17(18)12-21(22)25(3)32(28,29)23-10-7-16(2)31-23/h7-13H,4-6,14H2,1-3H3,(H,26,27). The molecule has 0 amide bonds. The van der Waals surface area contributed by atoms with Crippen LogP contribution in [-0.4, -0.2) is 26.5 Å². The highest BCUT2D eigenvalue weighted by Gasteiger charge is 2.28. The largest absolute Gasteiger partial charge is 0.487 e. The van der Waals surface area contributed by atoms with Gasteiger partial charge < -0.3 is 14.3 Å². The van der Waals surface area contributed by atoms with Gasteiger partial charge in [-0.15, -0.1) is 0 Å². The average Bonchev–Trinajstić information content (AvgIpc) is 3.40. The van der Waals surface area contributed by atoms with Crippen molar-refractivity contribution in [1.29, 1.82) is 0 Å². The number of ether oxygens (including phenoxy) is 1. The molecule has 1 N–H and O–H groups in total. The molecule has 3 aromatic rings. The van der Waals surface area contributed by atoms with Crippen molar-refractivity contribution < 1.29 is 27.5 Å². The molecule has 0 saturated carbocycles. The van der Waals surface area contributed by atoms with Crippen LogP contribution in [0.15, 0.2) is 52.0 Å². The molecule has 1 aliphatic carbocycles. The van der Waals surface area contributed by atoms with Crippen molar-refractivity contribution in [1.82, 2.24) is 0 Å². The average molecular weight is 456 g/mol. The summed E-state index contributed by atoms with van der Waals surface area (Å²) in [7, 11) is -2.41. The van der Waals surface area contributed by atoms with E-state index in [4.69, 9.17) is 14.3 Å². The maximum Gasteiger partial charge on any atom is 0.335 e. The van der Waals surface area contributed by atoms with E-state index in [0.29, 0.717) is 17.2 Å². The van der Waals surface area contributed by atoms with Gasteiger partial charge in [-0.05, 0) is 91.8 Å². The zero-order chi connectivity index (χ0) is 23.0. The lowest BCUT2D eigenvalue weighted by Gasteiger charge is -2.23. The minimum atomic E-state index is -3.90. The summed E-state index contributed by atoms with van der Waals surface area (Å²) in [4.78, 5) is 11.2. The van der Waals surface area contributed by atoms with Crippen LogP contribution in [0.25, 0.3) is 0 Å². The van der Waals surface area contributed by atoms with Gasteiger partial charge in [0.15, 0.2) is 0 Å². The van der Waals surface area contributed by atoms with Crippen molar-refractivity contribution in [2.75, 3.05) is 11.4 Å². The van der Waals surface area contributed by atoms with Gasteiger partial charge in [0.25, 0.3) is 10.0 Å². The molecule has 7 nitrogen and oxygen atoms in total. The van der Waals surface area contributed by atoms with Crippen LogP contribution in [0.3, 0.4) is 0 Å². The Bertz CT molecular complexity index is 1290. The molecule has 32 heavy (non-hydrogen) atoms. The number of hydrogen-bond donors (Lipinski definition) is 1. The van der Waals surface area contributed by atoms with Gasteiger partial charge in [0.05, 0.1) is 11.3 Å². The molecule has 0 fully saturated rings. The van der Waals surface area contributed by atoms with E-state index in [9.17, 15) is 13.2 Å². The summed E-state index contributed by atoms with van der Waals surface area (Å²) in [5.41, 5.74) is 4.55. The Hall–Kier alpha value is -3.26. The fourth-order valence-electron chi connectivity index (χ4n) is 3.91. The summed E-state index contributed by atoms with van der Waals surface area (Å²) in [6, 6.07) is 11.7. The quantitative estimate of drug-likeness (QED) is 0.564. The minimum Gasteiger partial charge on any atom is -0.487 e. The normalized spacial score (nSPS) is 13.1. The van der Waals surface area contributed by atoms with E-state index in [1.807, 2.05) is 19.1 Å². The minimum absolute atomic E-state index is 0.121. The van der Waals surface area contributed by atoms with Crippen LogP contribution in [0.4, 0.5) is 5.69 Å². The van der Waals surface area contributed by atoms with Gasteiger partial charge in [-0.1, -0.05) is 6.07 Å². The van der Waals surface area contributed by atoms with E-state index in [1.54, 1.807) is 25.1 Å². The number of aryl methyl sites for hydroxylation is 4. The third kappa shape index (κ3) is 4.10. The van der Waals surface area contributed by atoms with E-state index in [2.05, 4.69) is 0 Å². The highest BCUT2D eigenvalue weighted by atomic mass is 32.2. The van der Waals surface area contributed by atoms with Crippen molar-refractivity contribution in [3.8, 4) is 5.75 Å². The zero-order valence-corrected chi connectivity index (χ0v) is 19.0. The second-order valence-electron chi connectivity index (χ2n) is 8.01. The van der Waals surface area contributed by atoms with E-state index < -0.39 is 16.0 Å². The number of carboxylic acids is 1. The lowest BCUT2D eigenvalue weighted by atomic mass is 10.1. The van der Waals surface area contributed by atoms with Gasteiger partial charge in [-0.3, -0.25) is 4.31 Å². The Morgan fingerprint density at radius 3 is 2.44 bits per heavy atom. The number of carbonyl (C=O) groups is 1. The topological polar surface area (TPSA) is 97.0 Å². The SMILES string of the molecule is Cc1ccc(S(=O)(=O)N(C)c2cc3c(cc2OCc2ccc(C(=O)O)cc2C)CCC3)o1. The second-order valence-corrected chi connectivity index (χ2v) is 9.92. The molecule has 2 aromatic carbocycles. The molecular weight excluding hydrogens is 430 g/mol. The van der Waals surface area contributed by atoms with Gasteiger partial charge in [-0.25, -0.2) is 4.79 Å². The summed E-state index contributed by atoms with van der Waals surface area (Å²) < 4.78 is 39.0. The molecule has 0 atom stereocenters. The highest BCUT2D eigenvalue weighted by molar-refractivity contribution is 7.92. The summed E-state index contributed by atoms with van der Waals surface area (Å²) in [5, 5.41) is 9.04. The number of hydrogen-bond acceptors (Lipinski definition) is 5. The number of furan rings is 1. The maximum atomic E-state index is 13.1. The van der Waals surface area contributed by atoms with Crippen LogP contribution in [0.1, 0.15) is 44.8 Å². The molecular formula is C24H25NO6S. The number of carboxylic acid groups (broad SMARTS) is 1. The Morgan fingerprint density at radius 1 is 1.09 bits per heavy atom. The fraction of sp³-hybridized carbons (Fsp3) is 0.292. The smallest absolute Gasteiger partial charge is 0.335 e. The Balaban J connectivity index is 1.67. The molecule has 0 spiro atoms. The van der Waals surface area contributed by atoms with Crippen LogP contribution >= 0.6 is 0 Å². The number of nitrogens with zero attached hydrogens (tertiary/aromatic N) is 1. The second kappa shape index (κ2) is 8.35. The predicted molar refractivity (Wildman–Crippen MR) is 120 cm³/mol. The first-order valence-electron chi connectivity index (χ1n) is 10.3. The molecule has 0 bridgehead atoms. The highest BCUT2D eigenvalue weighted by Crippen LogP contribution is 2.38. The first kappa shape index (κ1) is 22.0. The predicted octanol–water partition coefficient (Wildman–Crippen LogP) is 4.49. The van der Waals surface area contributed by atoms with Crippen molar-refractivity contribution >= 4 is 21.7 Å². The van der Waals surface area contributed by atoms with E-state index in [-0.39, 0.29) is 17.3 Å². The number of fused-ring (bicyclic) bond motifs is 1. The third-order valence-corrected chi connectivity index (χ3v) is 7.46. The van der Waals surface area contributed by atoms with Gasteiger partial charge in [-0.2, -0.15) is 8.42 Å². The maximum absolute atomic E-state index is 13.1. The summed E-state index contributed by atoms with van der Waals surface area (Å²) in [6.07, 6.45) is 2.83. The monoisotopic (exact) mass is 455 g/mol. The van der Waals surface area contributed by atoms with Crippen LogP contribution in [0.5, 0.6) is 5.75 Å². The molecule has 4 rings (SSSR count). The Kier molecular flexibility index (Phi) is 5.73. The molecule has 0 saturated heterocycles. The summed E-state index contributed by atoms with van der Waals surface area (Å²) in [5.74, 6) is -0.00845. The van der Waals surface area contributed by atoms with Crippen molar-refractivity contribution in [3.63, 3.8) is 0 Å². The molecule has 8 heteroatoms. The molecule has 168 valence electrons. The van der Waals surface area contributed by atoms with Crippen LogP contribution in [0, 0.1) is 13.8 Å². The number of benzene rings is 2. The molecule has 0 unspecified atom stereocenters. The van der Waals surface area contributed by atoms with Gasteiger partial charge in [0, 0.05) is 7.05 Å². The van der Waals surface area contributed by atoms with Crippen molar-refractivity contribution in [3.05, 3.63) is 76.0 Å². The van der Waals surface area contributed by atoms with Crippen LogP contribution in [-0.2, 0) is 29.5 Å². The first-order valence-corrected chi connectivity index (χ1v) is 11.8.